The molecule has 2 aromatic rings. The van der Waals surface area contributed by atoms with Crippen molar-refractivity contribution in [1.82, 2.24) is 20.3 Å². The number of aromatic nitrogens is 3. The summed E-state index contributed by atoms with van der Waals surface area (Å²) in [6, 6.07) is 7.79. The molecule has 1 aliphatic heterocycles. The molecule has 156 valence electrons. The van der Waals surface area contributed by atoms with Gasteiger partial charge in [0.25, 0.3) is 0 Å². The van der Waals surface area contributed by atoms with Gasteiger partial charge in [-0.2, -0.15) is 0 Å². The Labute approximate surface area is 174 Å². The smallest absolute Gasteiger partial charge is 0.336 e. The third-order valence-electron chi connectivity index (χ3n) is 5.55. The van der Waals surface area contributed by atoms with Crippen LogP contribution in [0.5, 0.6) is 5.75 Å². The Balaban J connectivity index is 1.48. The highest BCUT2D eigenvalue weighted by atomic mass is 16.5. The molecule has 1 aliphatic carbocycles. The van der Waals surface area contributed by atoms with E-state index < -0.39 is 5.97 Å². The maximum atomic E-state index is 12.9. The van der Waals surface area contributed by atoms with E-state index in [2.05, 4.69) is 15.6 Å². The maximum absolute atomic E-state index is 12.9. The standard InChI is InChI=1S/C22H24N4O4/c1-13-17(22(28)30-12-15-11-26(2)25-24-15)10-18-19(23-13)8-14(9-20(18)27)16-6-4-5-7-21(16)29-3/h4-7,11,14,23H,8-10,12H2,1-3H3/t14-/m1/s1. The Hall–Kier alpha value is -3.42. The third-order valence-corrected chi connectivity index (χ3v) is 5.55. The van der Waals surface area contributed by atoms with E-state index in [1.54, 1.807) is 25.0 Å². The quantitative estimate of drug-likeness (QED) is 0.760. The third kappa shape index (κ3) is 3.85. The highest BCUT2D eigenvalue weighted by molar-refractivity contribution is 6.01. The minimum atomic E-state index is -0.447. The van der Waals surface area contributed by atoms with Crippen LogP contribution in [-0.4, -0.2) is 33.9 Å². The Kier molecular flexibility index (Phi) is 5.39. The van der Waals surface area contributed by atoms with Crippen LogP contribution in [0.25, 0.3) is 0 Å². The second kappa shape index (κ2) is 8.14. The molecule has 4 rings (SSSR count). The van der Waals surface area contributed by atoms with E-state index in [0.717, 1.165) is 17.0 Å². The lowest BCUT2D eigenvalue weighted by Gasteiger charge is -2.32. The van der Waals surface area contributed by atoms with Crippen LogP contribution in [0.4, 0.5) is 0 Å². The Morgan fingerprint density at radius 3 is 2.83 bits per heavy atom. The number of rotatable bonds is 5. The van der Waals surface area contributed by atoms with E-state index in [1.165, 1.54) is 0 Å². The molecule has 2 aliphatic rings. The summed E-state index contributed by atoms with van der Waals surface area (Å²) >= 11 is 0. The first kappa shape index (κ1) is 19.9. The molecule has 0 unspecified atom stereocenters. The highest BCUT2D eigenvalue weighted by Gasteiger charge is 2.34. The van der Waals surface area contributed by atoms with Crippen LogP contribution in [0.1, 0.15) is 43.4 Å². The van der Waals surface area contributed by atoms with Crippen LogP contribution in [-0.2, 0) is 28.0 Å². The number of Topliss-reactive ketones (excluding diaryl/α,β-unsaturated/α-hetero) is 1. The van der Waals surface area contributed by atoms with Gasteiger partial charge in [0.2, 0.25) is 0 Å². The number of dihydropyridines is 1. The van der Waals surface area contributed by atoms with Crippen molar-refractivity contribution < 1.29 is 19.1 Å². The Morgan fingerprint density at radius 2 is 2.10 bits per heavy atom. The molecule has 1 N–H and O–H groups in total. The van der Waals surface area contributed by atoms with Gasteiger partial charge in [0, 0.05) is 42.8 Å². The minimum Gasteiger partial charge on any atom is -0.496 e. The number of ether oxygens (including phenoxy) is 2. The fourth-order valence-electron chi connectivity index (χ4n) is 4.04. The van der Waals surface area contributed by atoms with Crippen molar-refractivity contribution in [3.8, 4) is 5.75 Å². The van der Waals surface area contributed by atoms with E-state index in [9.17, 15) is 9.59 Å². The molecular formula is C22H24N4O4. The lowest BCUT2D eigenvalue weighted by molar-refractivity contribution is -0.140. The van der Waals surface area contributed by atoms with Gasteiger partial charge in [0.05, 0.1) is 18.9 Å². The van der Waals surface area contributed by atoms with Crippen molar-refractivity contribution in [3.05, 3.63) is 64.3 Å². The van der Waals surface area contributed by atoms with Gasteiger partial charge in [-0.1, -0.05) is 23.4 Å². The molecule has 1 atom stereocenters. The summed E-state index contributed by atoms with van der Waals surface area (Å²) in [4.78, 5) is 25.5. The second-order valence-corrected chi connectivity index (χ2v) is 7.59. The van der Waals surface area contributed by atoms with Crippen LogP contribution in [0.3, 0.4) is 0 Å². The maximum Gasteiger partial charge on any atom is 0.336 e. The van der Waals surface area contributed by atoms with Crippen LogP contribution < -0.4 is 10.1 Å². The number of allylic oxidation sites excluding steroid dienone is 3. The van der Waals surface area contributed by atoms with Crippen molar-refractivity contribution in [3.63, 3.8) is 0 Å². The summed E-state index contributed by atoms with van der Waals surface area (Å²) in [5.74, 6) is 0.428. The van der Waals surface area contributed by atoms with E-state index in [0.29, 0.717) is 35.4 Å². The van der Waals surface area contributed by atoms with Gasteiger partial charge in [-0.15, -0.1) is 5.10 Å². The molecule has 0 amide bonds. The predicted octanol–water partition coefficient (Wildman–Crippen LogP) is 2.54. The monoisotopic (exact) mass is 408 g/mol. The van der Waals surface area contributed by atoms with Crippen LogP contribution in [0.2, 0.25) is 0 Å². The fourth-order valence-corrected chi connectivity index (χ4v) is 4.04. The number of carbonyl (C=O) groups excluding carboxylic acids is 2. The molecule has 2 heterocycles. The zero-order valence-electron chi connectivity index (χ0n) is 17.3. The van der Waals surface area contributed by atoms with E-state index >= 15 is 0 Å². The fraction of sp³-hybridized carbons (Fsp3) is 0.364. The molecule has 0 spiro atoms. The van der Waals surface area contributed by atoms with Crippen molar-refractivity contribution >= 4 is 11.8 Å². The molecule has 0 saturated carbocycles. The van der Waals surface area contributed by atoms with Crippen LogP contribution in [0, 0.1) is 0 Å². The first-order valence-corrected chi connectivity index (χ1v) is 9.83. The summed E-state index contributed by atoms with van der Waals surface area (Å²) in [5.41, 5.74) is 4.33. The second-order valence-electron chi connectivity index (χ2n) is 7.59. The number of hydrogen-bond acceptors (Lipinski definition) is 7. The molecule has 0 fully saturated rings. The van der Waals surface area contributed by atoms with Crippen molar-refractivity contribution in [2.24, 2.45) is 7.05 Å². The number of hydrogen-bond donors (Lipinski definition) is 1. The first-order chi connectivity index (χ1) is 14.5. The summed E-state index contributed by atoms with van der Waals surface area (Å²) < 4.78 is 12.4. The van der Waals surface area contributed by atoms with E-state index in [1.807, 2.05) is 31.2 Å². The largest absolute Gasteiger partial charge is 0.496 e. The molecule has 1 aromatic heterocycles. The molecule has 1 aromatic carbocycles. The van der Waals surface area contributed by atoms with Crippen molar-refractivity contribution in [2.75, 3.05) is 7.11 Å². The van der Waals surface area contributed by atoms with E-state index in [4.69, 9.17) is 9.47 Å². The normalized spacial score (nSPS) is 18.8. The molecule has 0 saturated heterocycles. The highest BCUT2D eigenvalue weighted by Crippen LogP contribution is 2.41. The van der Waals surface area contributed by atoms with Gasteiger partial charge in [-0.25, -0.2) is 4.79 Å². The lowest BCUT2D eigenvalue weighted by Crippen LogP contribution is -2.31. The number of nitrogens with zero attached hydrogens (tertiary/aromatic N) is 3. The predicted molar refractivity (Wildman–Crippen MR) is 108 cm³/mol. The number of para-hydroxylation sites is 1. The Bertz CT molecular complexity index is 1070. The lowest BCUT2D eigenvalue weighted by atomic mass is 9.78. The molecular weight excluding hydrogens is 384 g/mol. The van der Waals surface area contributed by atoms with Gasteiger partial charge in [-0.05, 0) is 25.0 Å². The van der Waals surface area contributed by atoms with Gasteiger partial charge < -0.3 is 14.8 Å². The molecule has 8 heteroatoms. The topological polar surface area (TPSA) is 95.3 Å². The summed E-state index contributed by atoms with van der Waals surface area (Å²) in [7, 11) is 3.38. The molecule has 0 radical (unpaired) electrons. The van der Waals surface area contributed by atoms with Gasteiger partial charge >= 0.3 is 5.97 Å². The first-order valence-electron chi connectivity index (χ1n) is 9.83. The zero-order valence-corrected chi connectivity index (χ0v) is 17.3. The van der Waals surface area contributed by atoms with Crippen molar-refractivity contribution in [2.45, 2.75) is 38.7 Å². The van der Waals surface area contributed by atoms with Gasteiger partial charge in [0.15, 0.2) is 5.78 Å². The van der Waals surface area contributed by atoms with Crippen LogP contribution >= 0.6 is 0 Å². The number of benzene rings is 1. The SMILES string of the molecule is COc1ccccc1[C@H]1CC(=O)C2=C(C1)NC(C)=C(C(=O)OCc1cn(C)nn1)C2. The number of methoxy groups -OCH3 is 1. The zero-order chi connectivity index (χ0) is 21.3. The molecule has 0 bridgehead atoms. The van der Waals surface area contributed by atoms with Crippen molar-refractivity contribution in [1.29, 1.82) is 0 Å². The summed E-state index contributed by atoms with van der Waals surface area (Å²) in [6.07, 6.45) is 3.06. The summed E-state index contributed by atoms with van der Waals surface area (Å²) in [6.45, 7) is 1.87. The number of aryl methyl sites for hydroxylation is 1. The summed E-state index contributed by atoms with van der Waals surface area (Å²) in [5, 5.41) is 11.0. The van der Waals surface area contributed by atoms with Crippen LogP contribution in [0.15, 0.2) is 53.0 Å². The van der Waals surface area contributed by atoms with E-state index in [-0.39, 0.29) is 24.7 Å². The average Bonchev–Trinajstić information content (AvgIpc) is 3.16. The minimum absolute atomic E-state index is 0.0397. The van der Waals surface area contributed by atoms with Gasteiger partial charge in [0.1, 0.15) is 18.1 Å². The van der Waals surface area contributed by atoms with Gasteiger partial charge in [-0.3, -0.25) is 9.48 Å². The Morgan fingerprint density at radius 1 is 1.30 bits per heavy atom. The number of esters is 1. The number of carbonyl (C=O) groups is 2. The molecule has 30 heavy (non-hydrogen) atoms. The number of ketones is 1. The average molecular weight is 408 g/mol. The number of nitrogens with one attached hydrogen (secondary N) is 1. The molecule has 8 nitrogen and oxygen atoms in total.